The van der Waals surface area contributed by atoms with Gasteiger partial charge in [0.05, 0.1) is 5.56 Å². The Morgan fingerprint density at radius 3 is 2.33 bits per heavy atom. The highest BCUT2D eigenvalue weighted by atomic mass is 19.4. The highest BCUT2D eigenvalue weighted by Crippen LogP contribution is 2.33. The third-order valence-electron chi connectivity index (χ3n) is 5.08. The molecule has 174 valence electrons. The van der Waals surface area contributed by atoms with E-state index in [0.29, 0.717) is 12.4 Å². The van der Waals surface area contributed by atoms with Crippen LogP contribution in [0.4, 0.5) is 27.8 Å². The van der Waals surface area contributed by atoms with Crippen LogP contribution in [0.15, 0.2) is 47.3 Å². The smallest absolute Gasteiger partial charge is 0.416 e. The van der Waals surface area contributed by atoms with Crippen LogP contribution in [0, 0.1) is 11.6 Å². The van der Waals surface area contributed by atoms with Crippen LogP contribution in [0.2, 0.25) is 0 Å². The van der Waals surface area contributed by atoms with Crippen LogP contribution in [0.25, 0.3) is 0 Å². The molecule has 0 aliphatic carbocycles. The Hall–Kier alpha value is -3.63. The van der Waals surface area contributed by atoms with Gasteiger partial charge in [-0.3, -0.25) is 4.57 Å². The molecule has 0 saturated heterocycles. The first-order chi connectivity index (χ1) is 15.6. The fourth-order valence-corrected chi connectivity index (χ4v) is 3.43. The van der Waals surface area contributed by atoms with Crippen molar-refractivity contribution in [2.45, 2.75) is 25.7 Å². The van der Waals surface area contributed by atoms with Crippen molar-refractivity contribution in [1.29, 1.82) is 0 Å². The molecular weight excluding hydrogens is 449 g/mol. The molecule has 2 aromatic carbocycles. The predicted molar refractivity (Wildman–Crippen MR) is 109 cm³/mol. The van der Waals surface area contributed by atoms with Crippen molar-refractivity contribution in [2.24, 2.45) is 0 Å². The molecule has 11 heteroatoms. The molecule has 1 aromatic heterocycles. The summed E-state index contributed by atoms with van der Waals surface area (Å²) in [5.74, 6) is -2.39. The number of rotatable bonds is 5. The van der Waals surface area contributed by atoms with Crippen molar-refractivity contribution in [3.05, 3.63) is 75.7 Å². The summed E-state index contributed by atoms with van der Waals surface area (Å²) in [7, 11) is 1.83. The summed E-state index contributed by atoms with van der Waals surface area (Å²) < 4.78 is 78.9. The lowest BCUT2D eigenvalue weighted by atomic mass is 10.2. The van der Waals surface area contributed by atoms with E-state index < -0.39 is 34.8 Å². The molecule has 0 N–H and O–H groups in total. The van der Waals surface area contributed by atoms with Crippen molar-refractivity contribution < 1.29 is 31.4 Å². The number of fused-ring (bicyclic) bond motifs is 1. The van der Waals surface area contributed by atoms with E-state index in [1.807, 2.05) is 11.9 Å². The second-order valence-electron chi connectivity index (χ2n) is 7.46. The minimum atomic E-state index is -4.54. The van der Waals surface area contributed by atoms with E-state index in [0.717, 1.165) is 49.4 Å². The zero-order valence-corrected chi connectivity index (χ0v) is 17.3. The van der Waals surface area contributed by atoms with Gasteiger partial charge >= 0.3 is 11.9 Å². The zero-order valence-electron chi connectivity index (χ0n) is 17.3. The van der Waals surface area contributed by atoms with E-state index in [4.69, 9.17) is 9.47 Å². The fraction of sp³-hybridized carbons (Fsp3) is 0.273. The molecule has 6 nitrogen and oxygen atoms in total. The molecule has 1 aliphatic rings. The number of anilines is 1. The molecule has 0 unspecified atom stereocenters. The molecule has 1 aliphatic heterocycles. The molecule has 3 aromatic rings. The molecule has 0 saturated carbocycles. The Morgan fingerprint density at radius 1 is 1.03 bits per heavy atom. The van der Waals surface area contributed by atoms with Crippen molar-refractivity contribution in [1.82, 2.24) is 9.55 Å². The molecule has 4 rings (SSSR count). The number of hydrogen-bond donors (Lipinski definition) is 0. The van der Waals surface area contributed by atoms with Crippen LogP contribution < -0.4 is 20.1 Å². The summed E-state index contributed by atoms with van der Waals surface area (Å²) in [4.78, 5) is 17.9. The van der Waals surface area contributed by atoms with Gasteiger partial charge in [0.2, 0.25) is 5.88 Å². The van der Waals surface area contributed by atoms with Gasteiger partial charge in [-0.05, 0) is 48.4 Å². The molecule has 0 bridgehead atoms. The lowest BCUT2D eigenvalue weighted by Gasteiger charge is -2.28. The van der Waals surface area contributed by atoms with Gasteiger partial charge in [-0.25, -0.2) is 13.6 Å². The number of aromatic nitrogens is 2. The number of benzene rings is 2. The van der Waals surface area contributed by atoms with Gasteiger partial charge in [-0.1, -0.05) is 0 Å². The van der Waals surface area contributed by atoms with Gasteiger partial charge in [0.1, 0.15) is 18.2 Å². The number of nitrogens with zero attached hydrogens (tertiary/aromatic N) is 3. The topological polar surface area (TPSA) is 56.6 Å². The van der Waals surface area contributed by atoms with Gasteiger partial charge in [0, 0.05) is 26.2 Å². The average Bonchev–Trinajstić information content (AvgIpc) is 2.75. The predicted octanol–water partition coefficient (Wildman–Crippen LogP) is 4.75. The maximum atomic E-state index is 14.5. The SMILES string of the molecule is CN1CCCn2c1cc(OCc1cc(F)c(Oc3ccc(C(F)(F)F)cc3)c(F)c1)nc2=O. The molecule has 0 spiro atoms. The summed E-state index contributed by atoms with van der Waals surface area (Å²) in [6, 6.07) is 6.96. The Labute approximate surface area is 184 Å². The van der Waals surface area contributed by atoms with Crippen LogP contribution in [-0.2, 0) is 19.3 Å². The summed E-state index contributed by atoms with van der Waals surface area (Å²) >= 11 is 0. The lowest BCUT2D eigenvalue weighted by molar-refractivity contribution is -0.137. The summed E-state index contributed by atoms with van der Waals surface area (Å²) in [5.41, 5.74) is -1.28. The molecule has 0 fully saturated rings. The minimum absolute atomic E-state index is 0.0193. The van der Waals surface area contributed by atoms with Crippen LogP contribution in [0.5, 0.6) is 17.4 Å². The monoisotopic (exact) mass is 467 g/mol. The van der Waals surface area contributed by atoms with Crippen LogP contribution in [0.3, 0.4) is 0 Å². The first-order valence-corrected chi connectivity index (χ1v) is 9.90. The first kappa shape index (κ1) is 22.6. The van der Waals surface area contributed by atoms with E-state index in [2.05, 4.69) is 4.98 Å². The summed E-state index contributed by atoms with van der Waals surface area (Å²) in [5, 5.41) is 0. The Morgan fingerprint density at radius 2 is 1.70 bits per heavy atom. The number of alkyl halides is 3. The fourth-order valence-electron chi connectivity index (χ4n) is 3.43. The van der Waals surface area contributed by atoms with E-state index in [1.54, 1.807) is 6.07 Å². The van der Waals surface area contributed by atoms with E-state index in [-0.39, 0.29) is 23.8 Å². The number of ether oxygens (including phenoxy) is 2. The quantitative estimate of drug-likeness (QED) is 0.507. The largest absolute Gasteiger partial charge is 0.473 e. The second kappa shape index (κ2) is 8.72. The average molecular weight is 467 g/mol. The van der Waals surface area contributed by atoms with Crippen molar-refractivity contribution >= 4 is 5.82 Å². The number of hydrogen-bond acceptors (Lipinski definition) is 5. The van der Waals surface area contributed by atoms with Gasteiger partial charge in [-0.15, -0.1) is 0 Å². The summed E-state index contributed by atoms with van der Waals surface area (Å²) in [6.07, 6.45) is -3.73. The second-order valence-corrected chi connectivity index (χ2v) is 7.46. The zero-order chi connectivity index (χ0) is 23.8. The highest BCUT2D eigenvalue weighted by Gasteiger charge is 2.30. The minimum Gasteiger partial charge on any atom is -0.473 e. The number of halogens is 5. The first-order valence-electron chi connectivity index (χ1n) is 9.90. The van der Waals surface area contributed by atoms with Crippen LogP contribution in [-0.4, -0.2) is 23.1 Å². The molecule has 0 radical (unpaired) electrons. The normalized spacial score (nSPS) is 13.6. The van der Waals surface area contributed by atoms with E-state index in [1.165, 1.54) is 4.57 Å². The van der Waals surface area contributed by atoms with Crippen LogP contribution in [0.1, 0.15) is 17.5 Å². The van der Waals surface area contributed by atoms with Gasteiger partial charge in [0.25, 0.3) is 0 Å². The maximum absolute atomic E-state index is 14.5. The Kier molecular flexibility index (Phi) is 5.96. The third-order valence-corrected chi connectivity index (χ3v) is 5.08. The molecule has 2 heterocycles. The highest BCUT2D eigenvalue weighted by molar-refractivity contribution is 5.43. The molecule has 0 amide bonds. The van der Waals surface area contributed by atoms with Gasteiger partial charge in [-0.2, -0.15) is 18.2 Å². The van der Waals surface area contributed by atoms with Crippen molar-refractivity contribution in [3.63, 3.8) is 0 Å². The lowest BCUT2D eigenvalue weighted by Crippen LogP contribution is -2.36. The molecular formula is C22H18F5N3O3. The van der Waals surface area contributed by atoms with Crippen LogP contribution >= 0.6 is 0 Å². The van der Waals surface area contributed by atoms with Gasteiger partial charge in [0.15, 0.2) is 17.4 Å². The van der Waals surface area contributed by atoms with E-state index in [9.17, 15) is 26.7 Å². The summed E-state index contributed by atoms with van der Waals surface area (Å²) in [6.45, 7) is 1.04. The Balaban J connectivity index is 1.48. The molecule has 33 heavy (non-hydrogen) atoms. The van der Waals surface area contributed by atoms with E-state index >= 15 is 0 Å². The maximum Gasteiger partial charge on any atom is 0.416 e. The Bertz CT molecular complexity index is 1200. The third kappa shape index (κ3) is 4.91. The standard InChI is InChI=1S/C22H18F5N3O3/c1-29-7-2-8-30-19(29)11-18(28-21(30)31)32-12-13-9-16(23)20(17(24)10-13)33-15-5-3-14(4-6-15)22(25,26)27/h3-6,9-11H,2,7-8,12H2,1H3. The van der Waals surface area contributed by atoms with Crippen molar-refractivity contribution in [2.75, 3.05) is 18.5 Å². The van der Waals surface area contributed by atoms with Gasteiger partial charge < -0.3 is 14.4 Å². The van der Waals surface area contributed by atoms with Crippen molar-refractivity contribution in [3.8, 4) is 17.4 Å². The molecule has 0 atom stereocenters.